The molecule has 2 aromatic carbocycles. The minimum Gasteiger partial charge on any atom is -0.480 e. The van der Waals surface area contributed by atoms with Gasteiger partial charge in [0, 0.05) is 11.6 Å². The Labute approximate surface area is 123 Å². The van der Waals surface area contributed by atoms with Crippen molar-refractivity contribution in [2.45, 2.75) is 19.0 Å². The minimum absolute atomic E-state index is 0.462. The van der Waals surface area contributed by atoms with Crippen LogP contribution in [-0.4, -0.2) is 17.1 Å². The molecule has 1 atom stereocenters. The van der Waals surface area contributed by atoms with Crippen molar-refractivity contribution in [2.24, 2.45) is 0 Å². The fraction of sp³-hybridized carbons (Fsp3) is 0.188. The molecule has 4 heteroatoms. The summed E-state index contributed by atoms with van der Waals surface area (Å²) in [7, 11) is 0. The molecule has 2 N–H and O–H groups in total. The molecule has 0 saturated heterocycles. The first kappa shape index (κ1) is 14.6. The van der Waals surface area contributed by atoms with E-state index < -0.39 is 12.0 Å². The van der Waals surface area contributed by atoms with E-state index in [0.717, 1.165) is 11.1 Å². The lowest BCUT2D eigenvalue weighted by Gasteiger charge is -2.14. The minimum atomic E-state index is -0.845. The van der Waals surface area contributed by atoms with Crippen LogP contribution in [0.4, 0.5) is 0 Å². The van der Waals surface area contributed by atoms with Gasteiger partial charge in [-0.15, -0.1) is 0 Å². The van der Waals surface area contributed by atoms with Gasteiger partial charge in [-0.1, -0.05) is 54.1 Å². The summed E-state index contributed by atoms with van der Waals surface area (Å²) in [5, 5.41) is 13.0. The standard InChI is InChI=1S/C16H16ClNO2/c17-14-8-6-13(7-9-14)11-18-15(16(19)20)10-12-4-2-1-3-5-12/h1-9,15,18H,10-11H2,(H,19,20)/t15-/m1/s1. The molecular weight excluding hydrogens is 274 g/mol. The molecule has 0 spiro atoms. The molecule has 0 aliphatic heterocycles. The van der Waals surface area contributed by atoms with Gasteiger partial charge in [0.1, 0.15) is 6.04 Å². The van der Waals surface area contributed by atoms with Gasteiger partial charge in [0.2, 0.25) is 0 Å². The van der Waals surface area contributed by atoms with Crippen molar-refractivity contribution in [3.8, 4) is 0 Å². The number of hydrogen-bond acceptors (Lipinski definition) is 2. The molecule has 2 aromatic rings. The van der Waals surface area contributed by atoms with E-state index in [1.165, 1.54) is 0 Å². The lowest BCUT2D eigenvalue weighted by atomic mass is 10.1. The Bertz CT molecular complexity index is 554. The topological polar surface area (TPSA) is 49.3 Å². The molecule has 0 fully saturated rings. The summed E-state index contributed by atoms with van der Waals surface area (Å²) in [5.41, 5.74) is 2.01. The molecule has 0 unspecified atom stereocenters. The van der Waals surface area contributed by atoms with Crippen molar-refractivity contribution in [1.29, 1.82) is 0 Å². The molecule has 2 rings (SSSR count). The molecule has 0 aromatic heterocycles. The van der Waals surface area contributed by atoms with Crippen molar-refractivity contribution < 1.29 is 9.90 Å². The van der Waals surface area contributed by atoms with Crippen molar-refractivity contribution in [3.05, 3.63) is 70.7 Å². The van der Waals surface area contributed by atoms with Crippen LogP contribution in [0.15, 0.2) is 54.6 Å². The van der Waals surface area contributed by atoms with Gasteiger partial charge < -0.3 is 10.4 Å². The zero-order valence-corrected chi connectivity index (χ0v) is 11.7. The lowest BCUT2D eigenvalue weighted by molar-refractivity contribution is -0.139. The van der Waals surface area contributed by atoms with Crippen LogP contribution >= 0.6 is 11.6 Å². The highest BCUT2D eigenvalue weighted by atomic mass is 35.5. The Hall–Kier alpha value is -1.84. The second-order valence-electron chi connectivity index (χ2n) is 4.59. The Morgan fingerprint density at radius 2 is 1.70 bits per heavy atom. The summed E-state index contributed by atoms with van der Waals surface area (Å²) in [5.74, 6) is -0.845. The van der Waals surface area contributed by atoms with Gasteiger partial charge in [0.05, 0.1) is 0 Å². The number of rotatable bonds is 6. The summed E-state index contributed by atoms with van der Waals surface area (Å²) >= 11 is 5.82. The molecular formula is C16H16ClNO2. The van der Waals surface area contributed by atoms with Crippen molar-refractivity contribution in [2.75, 3.05) is 0 Å². The highest BCUT2D eigenvalue weighted by molar-refractivity contribution is 6.30. The van der Waals surface area contributed by atoms with E-state index in [4.69, 9.17) is 11.6 Å². The summed E-state index contributed by atoms with van der Waals surface area (Å²) in [6.45, 7) is 0.501. The monoisotopic (exact) mass is 289 g/mol. The SMILES string of the molecule is O=C(O)[C@@H](Cc1ccccc1)NCc1ccc(Cl)cc1. The summed E-state index contributed by atoms with van der Waals surface area (Å²) in [4.78, 5) is 11.3. The Morgan fingerprint density at radius 1 is 1.05 bits per heavy atom. The van der Waals surface area contributed by atoms with Gasteiger partial charge in [-0.3, -0.25) is 4.79 Å². The number of hydrogen-bond donors (Lipinski definition) is 2. The van der Waals surface area contributed by atoms with Crippen molar-refractivity contribution in [1.82, 2.24) is 5.32 Å². The second kappa shape index (κ2) is 7.08. The van der Waals surface area contributed by atoms with E-state index in [-0.39, 0.29) is 0 Å². The number of carbonyl (C=O) groups is 1. The van der Waals surface area contributed by atoms with E-state index >= 15 is 0 Å². The van der Waals surface area contributed by atoms with Crippen LogP contribution in [0, 0.1) is 0 Å². The molecule has 0 radical (unpaired) electrons. The average molecular weight is 290 g/mol. The van der Waals surface area contributed by atoms with Gasteiger partial charge in [-0.05, 0) is 29.7 Å². The largest absolute Gasteiger partial charge is 0.480 e. The summed E-state index contributed by atoms with van der Waals surface area (Å²) < 4.78 is 0. The fourth-order valence-electron chi connectivity index (χ4n) is 1.94. The number of aliphatic carboxylic acids is 1. The van der Waals surface area contributed by atoms with Gasteiger partial charge in [-0.2, -0.15) is 0 Å². The first-order chi connectivity index (χ1) is 9.65. The van der Waals surface area contributed by atoms with E-state index in [9.17, 15) is 9.90 Å². The first-order valence-corrected chi connectivity index (χ1v) is 6.77. The third kappa shape index (κ3) is 4.37. The van der Waals surface area contributed by atoms with E-state index in [0.29, 0.717) is 18.0 Å². The normalized spacial score (nSPS) is 12.1. The molecule has 0 heterocycles. The fourth-order valence-corrected chi connectivity index (χ4v) is 2.07. The lowest BCUT2D eigenvalue weighted by Crippen LogP contribution is -2.38. The van der Waals surface area contributed by atoms with Crippen LogP contribution < -0.4 is 5.32 Å². The maximum Gasteiger partial charge on any atom is 0.321 e. The maximum atomic E-state index is 11.3. The molecule has 0 amide bonds. The molecule has 0 aliphatic rings. The number of carboxylic acids is 1. The van der Waals surface area contributed by atoms with Gasteiger partial charge in [-0.25, -0.2) is 0 Å². The van der Waals surface area contributed by atoms with Crippen LogP contribution in [0.5, 0.6) is 0 Å². The predicted molar refractivity (Wildman–Crippen MR) is 79.9 cm³/mol. The van der Waals surface area contributed by atoms with Crippen LogP contribution in [0.3, 0.4) is 0 Å². The highest BCUT2D eigenvalue weighted by Gasteiger charge is 2.16. The van der Waals surface area contributed by atoms with E-state index in [1.54, 1.807) is 12.1 Å². The van der Waals surface area contributed by atoms with Crippen LogP contribution in [-0.2, 0) is 17.8 Å². The van der Waals surface area contributed by atoms with Gasteiger partial charge in [0.15, 0.2) is 0 Å². The third-order valence-electron chi connectivity index (χ3n) is 3.05. The van der Waals surface area contributed by atoms with Gasteiger partial charge >= 0.3 is 5.97 Å². The quantitative estimate of drug-likeness (QED) is 0.859. The van der Waals surface area contributed by atoms with E-state index in [2.05, 4.69) is 5.32 Å². The summed E-state index contributed by atoms with van der Waals surface area (Å²) in [6.07, 6.45) is 0.462. The number of carboxylic acid groups (broad SMARTS) is 1. The molecule has 0 aliphatic carbocycles. The van der Waals surface area contributed by atoms with Crippen LogP contribution in [0.2, 0.25) is 5.02 Å². The van der Waals surface area contributed by atoms with Crippen molar-refractivity contribution >= 4 is 17.6 Å². The van der Waals surface area contributed by atoms with Crippen molar-refractivity contribution in [3.63, 3.8) is 0 Å². The zero-order chi connectivity index (χ0) is 14.4. The number of nitrogens with one attached hydrogen (secondary N) is 1. The third-order valence-corrected chi connectivity index (χ3v) is 3.30. The second-order valence-corrected chi connectivity index (χ2v) is 5.02. The first-order valence-electron chi connectivity index (χ1n) is 6.40. The van der Waals surface area contributed by atoms with Crippen LogP contribution in [0.25, 0.3) is 0 Å². The Kier molecular flexibility index (Phi) is 5.16. The number of halogens is 1. The summed E-state index contributed by atoms with van der Waals surface area (Å²) in [6, 6.07) is 16.4. The van der Waals surface area contributed by atoms with E-state index in [1.807, 2.05) is 42.5 Å². The molecule has 0 saturated carbocycles. The van der Waals surface area contributed by atoms with Crippen LogP contribution in [0.1, 0.15) is 11.1 Å². The zero-order valence-electron chi connectivity index (χ0n) is 10.9. The maximum absolute atomic E-state index is 11.3. The molecule has 3 nitrogen and oxygen atoms in total. The highest BCUT2D eigenvalue weighted by Crippen LogP contribution is 2.10. The Morgan fingerprint density at radius 3 is 2.30 bits per heavy atom. The number of benzene rings is 2. The molecule has 0 bridgehead atoms. The van der Waals surface area contributed by atoms with Gasteiger partial charge in [0.25, 0.3) is 0 Å². The average Bonchev–Trinajstić information content (AvgIpc) is 2.46. The molecule has 104 valence electrons. The molecule has 20 heavy (non-hydrogen) atoms. The Balaban J connectivity index is 1.96. The smallest absolute Gasteiger partial charge is 0.321 e. The predicted octanol–water partition coefficient (Wildman–Crippen LogP) is 3.13.